The minimum Gasteiger partial charge on any atom is -0.398 e. The van der Waals surface area contributed by atoms with Crippen LogP contribution in [0, 0.1) is 18.6 Å². The van der Waals surface area contributed by atoms with Crippen molar-refractivity contribution in [1.29, 1.82) is 0 Å². The fraction of sp³-hybridized carbons (Fsp3) is 0.0769. The van der Waals surface area contributed by atoms with E-state index in [1.807, 2.05) is 13.0 Å². The Labute approximate surface area is 112 Å². The van der Waals surface area contributed by atoms with Crippen molar-refractivity contribution in [3.63, 3.8) is 0 Å². The van der Waals surface area contributed by atoms with E-state index in [-0.39, 0.29) is 10.2 Å². The second-order valence-corrected chi connectivity index (χ2v) is 4.80. The third kappa shape index (κ3) is 2.61. The molecule has 0 unspecified atom stereocenters. The predicted molar refractivity (Wildman–Crippen MR) is 72.9 cm³/mol. The summed E-state index contributed by atoms with van der Waals surface area (Å²) in [6.45, 7) is 1.88. The maximum absolute atomic E-state index is 13.5. The average Bonchev–Trinajstić information content (AvgIpc) is 2.31. The highest BCUT2D eigenvalue weighted by molar-refractivity contribution is 9.10. The molecule has 0 saturated carbocycles. The van der Waals surface area contributed by atoms with Crippen molar-refractivity contribution in [3.05, 3.63) is 52.0 Å². The summed E-state index contributed by atoms with van der Waals surface area (Å²) in [5.74, 6) is -1.30. The van der Waals surface area contributed by atoms with Crippen molar-refractivity contribution in [1.82, 2.24) is 0 Å². The zero-order chi connectivity index (χ0) is 13.3. The maximum atomic E-state index is 13.5. The number of nitrogen functional groups attached to an aromatic ring is 1. The highest BCUT2D eigenvalue weighted by Gasteiger charge is 2.08. The Morgan fingerprint density at radius 3 is 2.50 bits per heavy atom. The highest BCUT2D eigenvalue weighted by Crippen LogP contribution is 2.27. The van der Waals surface area contributed by atoms with Gasteiger partial charge in [0.05, 0.1) is 10.2 Å². The van der Waals surface area contributed by atoms with E-state index in [9.17, 15) is 8.78 Å². The number of aryl methyl sites for hydroxylation is 1. The predicted octanol–water partition coefficient (Wildman–Crippen LogP) is 4.36. The van der Waals surface area contributed by atoms with E-state index in [0.29, 0.717) is 11.4 Å². The van der Waals surface area contributed by atoms with Crippen LogP contribution in [0.2, 0.25) is 0 Å². The molecule has 0 amide bonds. The van der Waals surface area contributed by atoms with Gasteiger partial charge in [-0.3, -0.25) is 0 Å². The summed E-state index contributed by atoms with van der Waals surface area (Å²) in [7, 11) is 0. The summed E-state index contributed by atoms with van der Waals surface area (Å²) < 4.78 is 26.8. The van der Waals surface area contributed by atoms with Crippen molar-refractivity contribution in [2.45, 2.75) is 6.92 Å². The first kappa shape index (κ1) is 12.8. The lowest BCUT2D eigenvalue weighted by atomic mass is 10.2. The average molecular weight is 313 g/mol. The van der Waals surface area contributed by atoms with Gasteiger partial charge in [-0.1, -0.05) is 6.07 Å². The number of nitrogens with two attached hydrogens (primary N) is 1. The zero-order valence-electron chi connectivity index (χ0n) is 9.60. The van der Waals surface area contributed by atoms with Gasteiger partial charge in [-0.15, -0.1) is 0 Å². The quantitative estimate of drug-likeness (QED) is 0.638. The molecule has 2 nitrogen and oxygen atoms in total. The molecule has 0 radical (unpaired) electrons. The summed E-state index contributed by atoms with van der Waals surface area (Å²) in [6.07, 6.45) is 0. The summed E-state index contributed by atoms with van der Waals surface area (Å²) in [5.41, 5.74) is 8.16. The molecule has 0 fully saturated rings. The molecule has 0 bridgehead atoms. The number of hydrogen-bond acceptors (Lipinski definition) is 2. The van der Waals surface area contributed by atoms with Crippen molar-refractivity contribution >= 4 is 33.0 Å². The first-order valence-electron chi connectivity index (χ1n) is 5.25. The van der Waals surface area contributed by atoms with Gasteiger partial charge in [0.25, 0.3) is 0 Å². The normalized spacial score (nSPS) is 10.4. The molecule has 2 rings (SSSR count). The van der Waals surface area contributed by atoms with Gasteiger partial charge in [0, 0.05) is 17.4 Å². The van der Waals surface area contributed by atoms with Gasteiger partial charge in [-0.05, 0) is 46.6 Å². The number of rotatable bonds is 2. The second kappa shape index (κ2) is 4.94. The Balaban J connectivity index is 2.34. The third-order valence-corrected chi connectivity index (χ3v) is 3.18. The molecule has 2 aromatic carbocycles. The molecular weight excluding hydrogens is 302 g/mol. The molecule has 0 aromatic heterocycles. The van der Waals surface area contributed by atoms with Gasteiger partial charge >= 0.3 is 0 Å². The van der Waals surface area contributed by atoms with Gasteiger partial charge in [-0.2, -0.15) is 0 Å². The van der Waals surface area contributed by atoms with Crippen LogP contribution in [0.1, 0.15) is 5.56 Å². The van der Waals surface area contributed by atoms with Crippen LogP contribution in [0.15, 0.2) is 34.8 Å². The number of nitrogens with one attached hydrogen (secondary N) is 1. The number of benzene rings is 2. The zero-order valence-corrected chi connectivity index (χ0v) is 11.2. The minimum atomic E-state index is -0.658. The van der Waals surface area contributed by atoms with E-state index in [1.54, 1.807) is 12.1 Å². The first-order valence-corrected chi connectivity index (χ1v) is 6.04. The van der Waals surface area contributed by atoms with Crippen LogP contribution < -0.4 is 11.1 Å². The Morgan fingerprint density at radius 1 is 1.11 bits per heavy atom. The van der Waals surface area contributed by atoms with E-state index in [2.05, 4.69) is 21.2 Å². The summed E-state index contributed by atoms with van der Waals surface area (Å²) in [5, 5.41) is 2.86. The Kier molecular flexibility index (Phi) is 3.52. The van der Waals surface area contributed by atoms with Crippen molar-refractivity contribution < 1.29 is 8.78 Å². The Hall–Kier alpha value is -1.62. The lowest BCUT2D eigenvalue weighted by molar-refractivity contribution is 0.581. The number of hydrogen-bond donors (Lipinski definition) is 2. The Bertz CT molecular complexity index is 600. The highest BCUT2D eigenvalue weighted by atomic mass is 79.9. The smallest absolute Gasteiger partial charge is 0.149 e. The Morgan fingerprint density at radius 2 is 1.83 bits per heavy atom. The van der Waals surface area contributed by atoms with Crippen LogP contribution in [0.5, 0.6) is 0 Å². The molecule has 94 valence electrons. The van der Waals surface area contributed by atoms with Crippen LogP contribution in [0.4, 0.5) is 25.8 Å². The van der Waals surface area contributed by atoms with Crippen LogP contribution >= 0.6 is 15.9 Å². The summed E-state index contributed by atoms with van der Waals surface area (Å²) >= 11 is 3.01. The molecular formula is C13H11BrF2N2. The molecule has 0 aliphatic heterocycles. The minimum absolute atomic E-state index is 0.187. The van der Waals surface area contributed by atoms with Crippen LogP contribution in [-0.2, 0) is 0 Å². The third-order valence-electron chi connectivity index (χ3n) is 2.57. The fourth-order valence-electron chi connectivity index (χ4n) is 1.49. The molecule has 0 saturated heterocycles. The largest absolute Gasteiger partial charge is 0.398 e. The van der Waals surface area contributed by atoms with E-state index >= 15 is 0 Å². The molecule has 2 aromatic rings. The van der Waals surface area contributed by atoms with Crippen molar-refractivity contribution in [2.24, 2.45) is 0 Å². The second-order valence-electron chi connectivity index (χ2n) is 3.94. The fourth-order valence-corrected chi connectivity index (χ4v) is 1.84. The van der Waals surface area contributed by atoms with Crippen LogP contribution in [-0.4, -0.2) is 0 Å². The molecule has 5 heteroatoms. The SMILES string of the molecule is Cc1ccc(Nc2cc(Br)c(F)cc2F)cc1N. The van der Waals surface area contributed by atoms with E-state index in [1.165, 1.54) is 6.07 Å². The van der Waals surface area contributed by atoms with Gasteiger partial charge in [0.15, 0.2) is 0 Å². The number of halogens is 3. The van der Waals surface area contributed by atoms with Crippen LogP contribution in [0.25, 0.3) is 0 Å². The molecule has 0 aliphatic carbocycles. The number of anilines is 3. The molecule has 0 atom stereocenters. The van der Waals surface area contributed by atoms with E-state index < -0.39 is 11.6 Å². The first-order chi connectivity index (χ1) is 8.47. The van der Waals surface area contributed by atoms with Gasteiger partial charge in [-0.25, -0.2) is 8.78 Å². The molecule has 3 N–H and O–H groups in total. The van der Waals surface area contributed by atoms with Gasteiger partial charge in [0.2, 0.25) is 0 Å². The van der Waals surface area contributed by atoms with Crippen LogP contribution in [0.3, 0.4) is 0 Å². The standard InChI is InChI=1S/C13H11BrF2N2/c1-7-2-3-8(4-12(7)17)18-13-5-9(14)10(15)6-11(13)16/h2-6,18H,17H2,1H3. The van der Waals surface area contributed by atoms with Gasteiger partial charge in [0.1, 0.15) is 11.6 Å². The summed E-state index contributed by atoms with van der Waals surface area (Å²) in [6, 6.07) is 7.48. The molecule has 0 aliphatic rings. The van der Waals surface area contributed by atoms with E-state index in [0.717, 1.165) is 11.6 Å². The van der Waals surface area contributed by atoms with Crippen molar-refractivity contribution in [3.8, 4) is 0 Å². The molecule has 0 spiro atoms. The monoisotopic (exact) mass is 312 g/mol. The summed E-state index contributed by atoms with van der Waals surface area (Å²) in [4.78, 5) is 0. The lowest BCUT2D eigenvalue weighted by Crippen LogP contribution is -1.97. The molecule has 0 heterocycles. The lowest BCUT2D eigenvalue weighted by Gasteiger charge is -2.10. The maximum Gasteiger partial charge on any atom is 0.149 e. The van der Waals surface area contributed by atoms with Crippen molar-refractivity contribution in [2.75, 3.05) is 11.1 Å². The topological polar surface area (TPSA) is 38.0 Å². The van der Waals surface area contributed by atoms with Gasteiger partial charge < -0.3 is 11.1 Å². The van der Waals surface area contributed by atoms with E-state index in [4.69, 9.17) is 5.73 Å². The molecule has 18 heavy (non-hydrogen) atoms.